The average molecular weight is 355 g/mol. The fourth-order valence-electron chi connectivity index (χ4n) is 2.15. The van der Waals surface area contributed by atoms with Crippen LogP contribution < -0.4 is 5.46 Å². The molecule has 0 aliphatic carbocycles. The van der Waals surface area contributed by atoms with Crippen molar-refractivity contribution in [1.82, 2.24) is 0 Å². The Labute approximate surface area is 134 Å². The van der Waals surface area contributed by atoms with E-state index in [0.717, 1.165) is 11.0 Å². The molecule has 0 bridgehead atoms. The van der Waals surface area contributed by atoms with Crippen LogP contribution in [0, 0.1) is 0 Å². The summed E-state index contributed by atoms with van der Waals surface area (Å²) in [6.07, 6.45) is 0. The zero-order valence-electron chi connectivity index (χ0n) is 13.0. The highest BCUT2D eigenvalue weighted by Gasteiger charge is 2.52. The Bertz CT molecular complexity index is 541. The van der Waals surface area contributed by atoms with Crippen LogP contribution in [0.5, 0.6) is 0 Å². The third-order valence-corrected chi connectivity index (χ3v) is 4.82. The van der Waals surface area contributed by atoms with Crippen LogP contribution in [-0.2, 0) is 19.4 Å². The van der Waals surface area contributed by atoms with E-state index in [4.69, 9.17) is 14.0 Å². The molecule has 21 heavy (non-hydrogen) atoms. The van der Waals surface area contributed by atoms with E-state index in [1.807, 2.05) is 33.8 Å². The molecule has 1 saturated heterocycles. The van der Waals surface area contributed by atoms with Gasteiger partial charge in [0.25, 0.3) is 0 Å². The quantitative estimate of drug-likeness (QED) is 0.475. The normalized spacial score (nSPS) is 19.6. The lowest BCUT2D eigenvalue weighted by Crippen LogP contribution is -2.41. The minimum absolute atomic E-state index is 0.367. The number of alkyl halides is 1. The van der Waals surface area contributed by atoms with Crippen molar-refractivity contribution in [3.63, 3.8) is 0 Å². The van der Waals surface area contributed by atoms with Crippen LogP contribution in [0.3, 0.4) is 0 Å². The number of esters is 1. The lowest BCUT2D eigenvalue weighted by atomic mass is 9.75. The molecule has 2 rings (SSSR count). The highest BCUT2D eigenvalue weighted by atomic mass is 79.9. The summed E-state index contributed by atoms with van der Waals surface area (Å²) in [6, 6.07) is 5.42. The maximum absolute atomic E-state index is 11.7. The fourth-order valence-corrected chi connectivity index (χ4v) is 2.66. The van der Waals surface area contributed by atoms with Gasteiger partial charge in [0.1, 0.15) is 0 Å². The molecule has 1 heterocycles. The first-order valence-electron chi connectivity index (χ1n) is 6.84. The highest BCUT2D eigenvalue weighted by Crippen LogP contribution is 2.36. The van der Waals surface area contributed by atoms with Crippen molar-refractivity contribution in [3.05, 3.63) is 29.3 Å². The van der Waals surface area contributed by atoms with Crippen molar-refractivity contribution in [1.29, 1.82) is 0 Å². The summed E-state index contributed by atoms with van der Waals surface area (Å²) in [6.45, 7) is 8.02. The van der Waals surface area contributed by atoms with Gasteiger partial charge in [0.15, 0.2) is 0 Å². The lowest BCUT2D eigenvalue weighted by molar-refractivity contribution is 0.00578. The average Bonchev–Trinajstić information content (AvgIpc) is 2.65. The summed E-state index contributed by atoms with van der Waals surface area (Å²) in [4.78, 5) is 11.7. The molecule has 0 saturated carbocycles. The Kier molecular flexibility index (Phi) is 4.52. The second-order valence-electron chi connectivity index (χ2n) is 6.13. The Morgan fingerprint density at radius 2 is 1.81 bits per heavy atom. The van der Waals surface area contributed by atoms with E-state index in [2.05, 4.69) is 15.9 Å². The second kappa shape index (κ2) is 5.74. The first-order valence-corrected chi connectivity index (χ1v) is 7.97. The lowest BCUT2D eigenvalue weighted by Gasteiger charge is -2.32. The van der Waals surface area contributed by atoms with Crippen molar-refractivity contribution < 1.29 is 18.8 Å². The molecule has 0 aromatic heterocycles. The van der Waals surface area contributed by atoms with E-state index in [1.54, 1.807) is 12.1 Å². The third kappa shape index (κ3) is 3.03. The molecule has 0 spiro atoms. The number of benzene rings is 1. The van der Waals surface area contributed by atoms with E-state index in [-0.39, 0.29) is 5.97 Å². The number of hydrogen-bond donors (Lipinski definition) is 0. The zero-order chi connectivity index (χ0) is 15.8. The fraction of sp³-hybridized carbons (Fsp3) is 0.533. The Hall–Kier alpha value is -0.845. The van der Waals surface area contributed by atoms with Gasteiger partial charge in [-0.3, -0.25) is 0 Å². The Balaban J connectivity index is 2.41. The van der Waals surface area contributed by atoms with Gasteiger partial charge in [0, 0.05) is 5.33 Å². The number of ether oxygens (including phenoxy) is 1. The number of hydrogen-bond acceptors (Lipinski definition) is 4. The van der Waals surface area contributed by atoms with E-state index in [9.17, 15) is 4.79 Å². The molecule has 0 unspecified atom stereocenters. The molecular formula is C15H20BBrO4. The summed E-state index contributed by atoms with van der Waals surface area (Å²) >= 11 is 3.46. The Morgan fingerprint density at radius 1 is 1.24 bits per heavy atom. The van der Waals surface area contributed by atoms with Gasteiger partial charge < -0.3 is 14.0 Å². The van der Waals surface area contributed by atoms with E-state index in [1.165, 1.54) is 7.11 Å². The SMILES string of the molecule is COC(=O)c1ccc(CBr)c(B2OC(C)(C)C(C)(C)O2)c1. The minimum Gasteiger partial charge on any atom is -0.465 e. The summed E-state index contributed by atoms with van der Waals surface area (Å²) in [5, 5.41) is 0.661. The number of methoxy groups -OCH3 is 1. The van der Waals surface area contributed by atoms with E-state index < -0.39 is 18.3 Å². The van der Waals surface area contributed by atoms with Crippen molar-refractivity contribution in [2.24, 2.45) is 0 Å². The molecule has 0 radical (unpaired) electrons. The Morgan fingerprint density at radius 3 is 2.29 bits per heavy atom. The van der Waals surface area contributed by atoms with Crippen molar-refractivity contribution >= 4 is 34.5 Å². The number of carbonyl (C=O) groups is 1. The topological polar surface area (TPSA) is 44.8 Å². The molecule has 1 aromatic rings. The van der Waals surface area contributed by atoms with Gasteiger partial charge in [-0.1, -0.05) is 22.0 Å². The van der Waals surface area contributed by atoms with Gasteiger partial charge >= 0.3 is 13.1 Å². The summed E-state index contributed by atoms with van der Waals surface area (Å²) in [5.74, 6) is -0.367. The molecule has 0 amide bonds. The first-order chi connectivity index (χ1) is 9.71. The van der Waals surface area contributed by atoms with Crippen LogP contribution in [-0.4, -0.2) is 31.4 Å². The molecule has 0 atom stereocenters. The van der Waals surface area contributed by atoms with Crippen molar-refractivity contribution in [3.8, 4) is 0 Å². The van der Waals surface area contributed by atoms with Gasteiger partial charge in [0.05, 0.1) is 23.9 Å². The summed E-state index contributed by atoms with van der Waals surface area (Å²) < 4.78 is 16.9. The number of halogens is 1. The number of rotatable bonds is 3. The van der Waals surface area contributed by atoms with Crippen LogP contribution in [0.25, 0.3) is 0 Å². The highest BCUT2D eigenvalue weighted by molar-refractivity contribution is 9.08. The molecule has 0 N–H and O–H groups in total. The van der Waals surface area contributed by atoms with Crippen molar-refractivity contribution in [2.45, 2.75) is 44.2 Å². The largest absolute Gasteiger partial charge is 0.495 e. The molecule has 114 valence electrons. The van der Waals surface area contributed by atoms with Gasteiger partial charge in [-0.2, -0.15) is 0 Å². The maximum atomic E-state index is 11.7. The molecule has 1 fully saturated rings. The standard InChI is InChI=1S/C15H20BBrO4/c1-14(2)15(3,4)21-16(20-14)12-8-10(13(18)19-5)6-7-11(12)9-17/h6-8H,9H2,1-5H3. The molecular weight excluding hydrogens is 335 g/mol. The second-order valence-corrected chi connectivity index (χ2v) is 6.69. The predicted molar refractivity (Wildman–Crippen MR) is 86.1 cm³/mol. The van der Waals surface area contributed by atoms with Gasteiger partial charge in [-0.25, -0.2) is 4.79 Å². The first kappa shape index (κ1) is 16.5. The van der Waals surface area contributed by atoms with Gasteiger partial charge in [0.2, 0.25) is 0 Å². The molecule has 4 nitrogen and oxygen atoms in total. The predicted octanol–water partition coefficient (Wildman–Crippen LogP) is 2.67. The van der Waals surface area contributed by atoms with Crippen LogP contribution in [0.1, 0.15) is 43.6 Å². The van der Waals surface area contributed by atoms with Gasteiger partial charge in [-0.15, -0.1) is 0 Å². The molecule has 1 aromatic carbocycles. The number of carbonyl (C=O) groups excluding carboxylic acids is 1. The van der Waals surface area contributed by atoms with Gasteiger partial charge in [-0.05, 0) is 50.9 Å². The third-order valence-electron chi connectivity index (χ3n) is 4.22. The molecule has 1 aliphatic rings. The van der Waals surface area contributed by atoms with Crippen LogP contribution in [0.2, 0.25) is 0 Å². The maximum Gasteiger partial charge on any atom is 0.495 e. The molecule has 1 aliphatic heterocycles. The summed E-state index contributed by atoms with van der Waals surface area (Å²) in [5.41, 5.74) is 1.55. The van der Waals surface area contributed by atoms with Crippen LogP contribution >= 0.6 is 15.9 Å². The van der Waals surface area contributed by atoms with Crippen LogP contribution in [0.15, 0.2) is 18.2 Å². The summed E-state index contributed by atoms with van der Waals surface area (Å²) in [7, 11) is 0.877. The van der Waals surface area contributed by atoms with E-state index in [0.29, 0.717) is 10.9 Å². The smallest absolute Gasteiger partial charge is 0.465 e. The zero-order valence-corrected chi connectivity index (χ0v) is 14.6. The molecule has 6 heteroatoms. The van der Waals surface area contributed by atoms with E-state index >= 15 is 0 Å². The minimum atomic E-state index is -0.493. The van der Waals surface area contributed by atoms with Crippen LogP contribution in [0.4, 0.5) is 0 Å². The van der Waals surface area contributed by atoms with Crippen molar-refractivity contribution in [2.75, 3.05) is 7.11 Å². The monoisotopic (exact) mass is 354 g/mol.